The highest BCUT2D eigenvalue weighted by Crippen LogP contribution is 2.24. The van der Waals surface area contributed by atoms with Crippen LogP contribution in [-0.2, 0) is 0 Å². The highest BCUT2D eigenvalue weighted by molar-refractivity contribution is 5.83. The van der Waals surface area contributed by atoms with Gasteiger partial charge >= 0.3 is 0 Å². The Morgan fingerprint density at radius 3 is 2.95 bits per heavy atom. The van der Waals surface area contributed by atoms with Crippen molar-refractivity contribution < 1.29 is 0 Å². The number of pyridine rings is 1. The molecule has 0 amide bonds. The molecule has 4 aromatic heterocycles. The SMILES string of the molecule is Cc1cc(-c2ncn3c2cnc2[nH]ccc23)ccn1. The minimum absolute atomic E-state index is 0.863. The second-order valence-electron chi connectivity index (χ2n) is 4.50. The highest BCUT2D eigenvalue weighted by atomic mass is 15.0. The quantitative estimate of drug-likeness (QED) is 0.564. The van der Waals surface area contributed by atoms with Crippen molar-refractivity contribution in [2.75, 3.05) is 0 Å². The number of aryl methyl sites for hydroxylation is 1. The molecule has 0 aliphatic carbocycles. The zero-order chi connectivity index (χ0) is 12.8. The van der Waals surface area contributed by atoms with Crippen LogP contribution in [-0.4, -0.2) is 24.3 Å². The van der Waals surface area contributed by atoms with Crippen molar-refractivity contribution in [3.63, 3.8) is 0 Å². The number of fused-ring (bicyclic) bond motifs is 3. The van der Waals surface area contributed by atoms with Gasteiger partial charge in [-0.15, -0.1) is 0 Å². The van der Waals surface area contributed by atoms with E-state index in [0.717, 1.165) is 33.6 Å². The van der Waals surface area contributed by atoms with Gasteiger partial charge in [0.2, 0.25) is 0 Å². The van der Waals surface area contributed by atoms with Crippen LogP contribution in [0.1, 0.15) is 5.69 Å². The predicted molar refractivity (Wildman–Crippen MR) is 72.8 cm³/mol. The smallest absolute Gasteiger partial charge is 0.154 e. The Hall–Kier alpha value is -2.69. The van der Waals surface area contributed by atoms with Gasteiger partial charge in [-0.25, -0.2) is 9.97 Å². The molecule has 0 bridgehead atoms. The van der Waals surface area contributed by atoms with Crippen molar-refractivity contribution in [1.29, 1.82) is 0 Å². The van der Waals surface area contributed by atoms with Crippen LogP contribution in [0.3, 0.4) is 0 Å². The lowest BCUT2D eigenvalue weighted by Crippen LogP contribution is -1.88. The van der Waals surface area contributed by atoms with Gasteiger partial charge in [0.15, 0.2) is 5.65 Å². The predicted octanol–water partition coefficient (Wildman–Crippen LogP) is 2.58. The van der Waals surface area contributed by atoms with E-state index in [4.69, 9.17) is 0 Å². The lowest BCUT2D eigenvalue weighted by molar-refractivity contribution is 1.18. The number of H-pyrrole nitrogens is 1. The van der Waals surface area contributed by atoms with E-state index in [1.165, 1.54) is 0 Å². The monoisotopic (exact) mass is 249 g/mol. The largest absolute Gasteiger partial charge is 0.345 e. The number of rotatable bonds is 1. The Kier molecular flexibility index (Phi) is 1.97. The lowest BCUT2D eigenvalue weighted by atomic mass is 10.1. The average Bonchev–Trinajstić information content (AvgIpc) is 3.04. The summed E-state index contributed by atoms with van der Waals surface area (Å²) < 4.78 is 2.05. The minimum atomic E-state index is 0.863. The third-order valence-corrected chi connectivity index (χ3v) is 3.25. The summed E-state index contributed by atoms with van der Waals surface area (Å²) in [6.45, 7) is 1.98. The standard InChI is InChI=1S/C14H11N5/c1-9-6-10(2-4-15-9)13-12-7-17-14-11(3-5-16-14)19(12)8-18-13/h2-8,16H,1H3. The number of aromatic nitrogens is 5. The molecule has 0 unspecified atom stereocenters. The summed E-state index contributed by atoms with van der Waals surface area (Å²) >= 11 is 0. The molecule has 0 aliphatic heterocycles. The Morgan fingerprint density at radius 1 is 1.11 bits per heavy atom. The van der Waals surface area contributed by atoms with E-state index in [1.54, 1.807) is 6.20 Å². The maximum atomic E-state index is 4.52. The highest BCUT2D eigenvalue weighted by Gasteiger charge is 2.10. The number of nitrogens with zero attached hydrogens (tertiary/aromatic N) is 4. The molecule has 0 aromatic carbocycles. The van der Waals surface area contributed by atoms with Crippen molar-refractivity contribution in [2.45, 2.75) is 6.92 Å². The van der Waals surface area contributed by atoms with E-state index in [1.807, 2.05) is 48.2 Å². The first kappa shape index (κ1) is 10.3. The average molecular weight is 249 g/mol. The first-order valence-electron chi connectivity index (χ1n) is 6.05. The van der Waals surface area contributed by atoms with E-state index >= 15 is 0 Å². The number of imidazole rings is 1. The van der Waals surface area contributed by atoms with Crippen LogP contribution in [0.15, 0.2) is 43.1 Å². The molecule has 0 saturated heterocycles. The fourth-order valence-electron chi connectivity index (χ4n) is 2.36. The summed E-state index contributed by atoms with van der Waals surface area (Å²) in [5, 5.41) is 0. The van der Waals surface area contributed by atoms with Gasteiger partial charge in [-0.2, -0.15) is 0 Å². The van der Waals surface area contributed by atoms with Gasteiger partial charge in [-0.05, 0) is 25.1 Å². The first-order valence-corrected chi connectivity index (χ1v) is 6.05. The van der Waals surface area contributed by atoms with Gasteiger partial charge < -0.3 is 4.98 Å². The van der Waals surface area contributed by atoms with E-state index < -0.39 is 0 Å². The Bertz CT molecular complexity index is 887. The molecule has 1 N–H and O–H groups in total. The third-order valence-electron chi connectivity index (χ3n) is 3.25. The summed E-state index contributed by atoms with van der Waals surface area (Å²) in [5.41, 5.74) is 5.87. The normalized spacial score (nSPS) is 11.4. The number of hydrogen-bond donors (Lipinski definition) is 1. The molecule has 5 heteroatoms. The fourth-order valence-corrected chi connectivity index (χ4v) is 2.36. The number of nitrogens with one attached hydrogen (secondary N) is 1. The molecule has 0 atom stereocenters. The first-order chi connectivity index (χ1) is 9.33. The molecule has 0 saturated carbocycles. The molecule has 0 aliphatic rings. The summed E-state index contributed by atoms with van der Waals surface area (Å²) in [6, 6.07) is 6.00. The minimum Gasteiger partial charge on any atom is -0.345 e. The maximum Gasteiger partial charge on any atom is 0.154 e. The van der Waals surface area contributed by atoms with Crippen LogP contribution >= 0.6 is 0 Å². The zero-order valence-electron chi connectivity index (χ0n) is 10.3. The molecule has 19 heavy (non-hydrogen) atoms. The third kappa shape index (κ3) is 1.45. The Balaban J connectivity index is 2.05. The molecular formula is C14H11N5. The van der Waals surface area contributed by atoms with Crippen molar-refractivity contribution in [2.24, 2.45) is 0 Å². The Morgan fingerprint density at radius 2 is 2.05 bits per heavy atom. The molecule has 4 aromatic rings. The van der Waals surface area contributed by atoms with Crippen LogP contribution in [0.4, 0.5) is 0 Å². The van der Waals surface area contributed by atoms with Crippen LogP contribution in [0.5, 0.6) is 0 Å². The summed E-state index contributed by atoms with van der Waals surface area (Å²) in [5.74, 6) is 0. The zero-order valence-corrected chi connectivity index (χ0v) is 10.3. The number of hydrogen-bond acceptors (Lipinski definition) is 3. The van der Waals surface area contributed by atoms with E-state index in [2.05, 4.69) is 19.9 Å². The van der Waals surface area contributed by atoms with Crippen molar-refractivity contribution >= 4 is 16.7 Å². The van der Waals surface area contributed by atoms with Gasteiger partial charge in [0.25, 0.3) is 0 Å². The molecule has 4 heterocycles. The van der Waals surface area contributed by atoms with Gasteiger partial charge in [0.05, 0.1) is 22.9 Å². The molecular weight excluding hydrogens is 238 g/mol. The van der Waals surface area contributed by atoms with Crippen LogP contribution in [0, 0.1) is 6.92 Å². The van der Waals surface area contributed by atoms with Gasteiger partial charge in [-0.1, -0.05) is 0 Å². The number of aromatic amines is 1. The van der Waals surface area contributed by atoms with Gasteiger partial charge in [0.1, 0.15) is 6.33 Å². The van der Waals surface area contributed by atoms with Crippen LogP contribution < -0.4 is 0 Å². The fraction of sp³-hybridized carbons (Fsp3) is 0.0714. The van der Waals surface area contributed by atoms with Gasteiger partial charge in [0, 0.05) is 23.7 Å². The molecule has 92 valence electrons. The van der Waals surface area contributed by atoms with Crippen molar-refractivity contribution in [3.05, 3.63) is 48.8 Å². The second kappa shape index (κ2) is 3.65. The maximum absolute atomic E-state index is 4.52. The summed E-state index contributed by atoms with van der Waals surface area (Å²) in [7, 11) is 0. The van der Waals surface area contributed by atoms with E-state index in [0.29, 0.717) is 0 Å². The molecule has 5 nitrogen and oxygen atoms in total. The molecule has 4 rings (SSSR count). The summed E-state index contributed by atoms with van der Waals surface area (Å²) in [4.78, 5) is 16.3. The van der Waals surface area contributed by atoms with E-state index in [9.17, 15) is 0 Å². The van der Waals surface area contributed by atoms with Crippen molar-refractivity contribution in [3.8, 4) is 11.3 Å². The van der Waals surface area contributed by atoms with Gasteiger partial charge in [-0.3, -0.25) is 9.38 Å². The molecule has 0 spiro atoms. The second-order valence-corrected chi connectivity index (χ2v) is 4.50. The summed E-state index contributed by atoms with van der Waals surface area (Å²) in [6.07, 6.45) is 7.36. The molecule has 0 fully saturated rings. The van der Waals surface area contributed by atoms with E-state index in [-0.39, 0.29) is 0 Å². The Labute approximate surface area is 109 Å². The topological polar surface area (TPSA) is 58.9 Å². The van der Waals surface area contributed by atoms with Crippen LogP contribution in [0.2, 0.25) is 0 Å². The van der Waals surface area contributed by atoms with Crippen LogP contribution in [0.25, 0.3) is 27.9 Å². The lowest BCUT2D eigenvalue weighted by Gasteiger charge is -2.00. The molecule has 0 radical (unpaired) electrons. The van der Waals surface area contributed by atoms with Crippen molar-refractivity contribution in [1.82, 2.24) is 24.3 Å².